The molecule has 5 N–H and O–H groups in total. The summed E-state index contributed by atoms with van der Waals surface area (Å²) in [5, 5.41) is 32.5. The number of hydrogen-bond donors (Lipinski definition) is 4. The van der Waals surface area contributed by atoms with Crippen LogP contribution in [0.1, 0.15) is 89.3 Å². The lowest BCUT2D eigenvalue weighted by Gasteiger charge is -2.44. The third-order valence-corrected chi connectivity index (χ3v) is 13.3. The summed E-state index contributed by atoms with van der Waals surface area (Å²) in [4.78, 5) is 56.5. The quantitative estimate of drug-likeness (QED) is 0.202. The third kappa shape index (κ3) is 8.33. The molecule has 2 aromatic heterocycles. The first-order valence-corrected chi connectivity index (χ1v) is 21.7. The molecule has 7 heterocycles. The van der Waals surface area contributed by atoms with E-state index in [4.69, 9.17) is 20.4 Å². The van der Waals surface area contributed by atoms with Crippen LogP contribution in [0.5, 0.6) is 11.5 Å². The number of nitrogens with zero attached hydrogens (tertiary/aromatic N) is 9. The minimum atomic E-state index is -1.38. The van der Waals surface area contributed by atoms with Gasteiger partial charge >= 0.3 is 0 Å². The summed E-state index contributed by atoms with van der Waals surface area (Å²) in [6.07, 6.45) is 6.60. The summed E-state index contributed by atoms with van der Waals surface area (Å²) in [6, 6.07) is 9.44. The number of ether oxygens (including phenoxy) is 1. The summed E-state index contributed by atoms with van der Waals surface area (Å²) in [7, 11) is 0. The molecule has 0 radical (unpaired) electrons. The number of piperidine rings is 2. The number of rotatable bonds is 8. The molecule has 3 saturated heterocycles. The summed E-state index contributed by atoms with van der Waals surface area (Å²) in [6.45, 7) is 12.3. The predicted octanol–water partition coefficient (Wildman–Crippen LogP) is 3.42. The predicted molar refractivity (Wildman–Crippen MR) is 228 cm³/mol. The molecule has 0 saturated carbocycles. The van der Waals surface area contributed by atoms with Crippen molar-refractivity contribution in [3.8, 4) is 22.9 Å². The van der Waals surface area contributed by atoms with Gasteiger partial charge in [-0.05, 0) is 66.3 Å². The van der Waals surface area contributed by atoms with Crippen LogP contribution >= 0.6 is 0 Å². The van der Waals surface area contributed by atoms with Gasteiger partial charge in [-0.15, -0.1) is 0 Å². The molecule has 0 aliphatic carbocycles. The van der Waals surface area contributed by atoms with Gasteiger partial charge in [-0.3, -0.25) is 19.4 Å². The molecule has 3 fully saturated rings. The van der Waals surface area contributed by atoms with Crippen molar-refractivity contribution in [2.45, 2.75) is 89.7 Å². The van der Waals surface area contributed by atoms with Gasteiger partial charge in [0.05, 0.1) is 30.0 Å². The van der Waals surface area contributed by atoms with E-state index < -0.39 is 5.60 Å². The second-order valence-corrected chi connectivity index (χ2v) is 17.6. The highest BCUT2D eigenvalue weighted by Crippen LogP contribution is 2.36. The van der Waals surface area contributed by atoms with Crippen LogP contribution in [-0.2, 0) is 42.1 Å². The van der Waals surface area contributed by atoms with Crippen molar-refractivity contribution in [1.82, 2.24) is 39.5 Å². The number of anilines is 2. The number of aromatic nitrogens is 4. The Kier molecular flexibility index (Phi) is 11.3. The largest absolute Gasteiger partial charge is 0.508 e. The third-order valence-electron chi connectivity index (χ3n) is 13.3. The summed E-state index contributed by atoms with van der Waals surface area (Å²) < 4.78 is 5.64. The number of hydrogen-bond acceptors (Lipinski definition) is 14. The molecule has 0 bridgehead atoms. The van der Waals surface area contributed by atoms with Crippen molar-refractivity contribution in [2.75, 3.05) is 69.7 Å². The zero-order chi connectivity index (χ0) is 42.4. The monoisotopic (exact) mass is 832 g/mol. The van der Waals surface area contributed by atoms with E-state index in [1.165, 1.54) is 11.6 Å². The highest BCUT2D eigenvalue weighted by Gasteiger charge is 2.43. The number of aliphatic hydroxyl groups is 1. The molecule has 9 rings (SSSR count). The zero-order valence-corrected chi connectivity index (χ0v) is 35.1. The van der Waals surface area contributed by atoms with Crippen molar-refractivity contribution in [3.05, 3.63) is 81.8 Å². The van der Waals surface area contributed by atoms with Crippen molar-refractivity contribution in [3.63, 3.8) is 0 Å². The molecule has 322 valence electrons. The van der Waals surface area contributed by atoms with E-state index in [0.717, 1.165) is 72.7 Å². The molecular formula is C45H56N10O6. The number of carbonyl (C=O) groups is 2. The summed E-state index contributed by atoms with van der Waals surface area (Å²) >= 11 is 0. The molecule has 2 amide bonds. The Hall–Kier alpha value is -5.42. The van der Waals surface area contributed by atoms with Crippen LogP contribution < -0.4 is 10.6 Å². The van der Waals surface area contributed by atoms with Gasteiger partial charge in [0.25, 0.3) is 11.8 Å². The number of benzene rings is 2. The maximum atomic E-state index is 13.9. The van der Waals surface area contributed by atoms with E-state index in [2.05, 4.69) is 42.9 Å². The van der Waals surface area contributed by atoms with Gasteiger partial charge in [0.15, 0.2) is 5.82 Å². The Bertz CT molecular complexity index is 2280. The Morgan fingerprint density at radius 2 is 1.59 bits per heavy atom. The van der Waals surface area contributed by atoms with Crippen LogP contribution in [0, 0.1) is 0 Å². The van der Waals surface area contributed by atoms with Gasteiger partial charge in [0.2, 0.25) is 5.95 Å². The van der Waals surface area contributed by atoms with E-state index >= 15 is 0 Å². The van der Waals surface area contributed by atoms with Crippen LogP contribution in [0.15, 0.2) is 42.7 Å². The van der Waals surface area contributed by atoms with Gasteiger partial charge in [-0.25, -0.2) is 19.9 Å². The fourth-order valence-electron chi connectivity index (χ4n) is 9.73. The van der Waals surface area contributed by atoms with Crippen LogP contribution in [-0.4, -0.2) is 137 Å². The van der Waals surface area contributed by atoms with E-state index in [1.54, 1.807) is 23.4 Å². The molecule has 0 unspecified atom stereocenters. The molecule has 4 aromatic rings. The number of nitrogen functional groups attached to an aromatic ring is 1. The summed E-state index contributed by atoms with van der Waals surface area (Å²) in [5.74, 6) is 1.08. The van der Waals surface area contributed by atoms with Crippen LogP contribution in [0.25, 0.3) is 11.4 Å². The smallest absolute Gasteiger partial charge is 0.258 e. The lowest BCUT2D eigenvalue weighted by atomic mass is 9.88. The standard InChI is InChI=1S/C45H56N10O6/c1-28(2)35-20-36(39(57)21-38(35)56)42(58)55-25-30-4-3-29(19-31(30)26-55)24-51-13-8-45(60,9-14-51)43(59)53-10-5-33(6-11-53)54-12-7-34-37(27-54)49-40(32-22-47-44(46)48-23-32)50-41(34)52-15-17-61-18-16-52/h3-4,19-23,28,33,56-57,60H,5-18,24-27H2,1-2H3,(H2,46,47,48). The second-order valence-electron chi connectivity index (χ2n) is 17.6. The average Bonchev–Trinajstić information content (AvgIpc) is 3.70. The summed E-state index contributed by atoms with van der Waals surface area (Å²) in [5.41, 5.74) is 11.4. The maximum absolute atomic E-state index is 13.9. The number of fused-ring (bicyclic) bond motifs is 2. The average molecular weight is 833 g/mol. The Morgan fingerprint density at radius 3 is 2.31 bits per heavy atom. The van der Waals surface area contributed by atoms with Gasteiger partial charge in [0.1, 0.15) is 22.9 Å². The minimum absolute atomic E-state index is 0.00175. The first-order valence-electron chi connectivity index (χ1n) is 21.7. The number of aromatic hydroxyl groups is 2. The topological polar surface area (TPSA) is 198 Å². The lowest BCUT2D eigenvalue weighted by molar-refractivity contribution is -0.158. The molecule has 16 heteroatoms. The van der Waals surface area contributed by atoms with Crippen LogP contribution in [0.3, 0.4) is 0 Å². The number of likely N-dealkylation sites (tertiary alicyclic amines) is 2. The maximum Gasteiger partial charge on any atom is 0.258 e. The Labute approximate surface area is 356 Å². The number of phenolic OH excluding ortho intramolecular Hbond substituents is 2. The Morgan fingerprint density at radius 1 is 0.869 bits per heavy atom. The van der Waals surface area contributed by atoms with Gasteiger partial charge in [-0.1, -0.05) is 32.0 Å². The Balaban J connectivity index is 0.780. The number of amides is 2. The highest BCUT2D eigenvalue weighted by atomic mass is 16.5. The van der Waals surface area contributed by atoms with E-state index in [-0.39, 0.29) is 40.7 Å². The van der Waals surface area contributed by atoms with Crippen LogP contribution in [0.2, 0.25) is 0 Å². The highest BCUT2D eigenvalue weighted by molar-refractivity contribution is 5.97. The van der Waals surface area contributed by atoms with E-state index in [0.29, 0.717) is 95.8 Å². The lowest BCUT2D eigenvalue weighted by Crippen LogP contribution is -2.57. The number of morpholine rings is 1. The van der Waals surface area contributed by atoms with Crippen LogP contribution in [0.4, 0.5) is 11.8 Å². The van der Waals surface area contributed by atoms with Gasteiger partial charge < -0.3 is 40.5 Å². The SMILES string of the molecule is CC(C)c1cc(C(=O)N2Cc3ccc(CN4CCC(O)(C(=O)N5CCC(N6CCc7c(nc(-c8cnc(N)nc8)nc7N7CCOCC7)C6)CC5)CC4)cc3C2)c(O)cc1O. The molecule has 5 aliphatic heterocycles. The molecule has 16 nitrogen and oxygen atoms in total. The zero-order valence-electron chi connectivity index (χ0n) is 35.1. The van der Waals surface area contributed by atoms with Crippen molar-refractivity contribution in [1.29, 1.82) is 0 Å². The van der Waals surface area contributed by atoms with E-state index in [9.17, 15) is 24.9 Å². The fourth-order valence-corrected chi connectivity index (χ4v) is 9.73. The molecule has 0 atom stereocenters. The van der Waals surface area contributed by atoms with Gasteiger partial charge in [-0.2, -0.15) is 0 Å². The molecular weight excluding hydrogens is 777 g/mol. The normalized spacial score (nSPS) is 19.9. The second kappa shape index (κ2) is 16.8. The fraction of sp³-hybridized carbons (Fsp3) is 0.511. The molecule has 0 spiro atoms. The van der Waals surface area contributed by atoms with E-state index in [1.807, 2.05) is 18.7 Å². The van der Waals surface area contributed by atoms with Crippen molar-refractivity contribution in [2.24, 2.45) is 0 Å². The first-order chi connectivity index (χ1) is 29.4. The number of phenols is 2. The number of nitrogens with two attached hydrogens (primary N) is 1. The first kappa shape index (κ1) is 41.0. The minimum Gasteiger partial charge on any atom is -0.508 e. The molecule has 5 aliphatic rings. The van der Waals surface area contributed by atoms with Gasteiger partial charge in [0, 0.05) is 102 Å². The van der Waals surface area contributed by atoms with Crippen molar-refractivity contribution >= 4 is 23.6 Å². The number of carbonyl (C=O) groups excluding carboxylic acids is 2. The van der Waals surface area contributed by atoms with Crippen molar-refractivity contribution < 1.29 is 29.6 Å². The molecule has 61 heavy (non-hydrogen) atoms. The molecule has 2 aromatic carbocycles.